The molecule has 0 radical (unpaired) electrons. The largest absolute Gasteiger partial charge is 0.337 e. The van der Waals surface area contributed by atoms with Gasteiger partial charge in [0.2, 0.25) is 0 Å². The summed E-state index contributed by atoms with van der Waals surface area (Å²) in [4.78, 5) is 20.7. The molecule has 21 heavy (non-hydrogen) atoms. The molecule has 0 spiro atoms. The summed E-state index contributed by atoms with van der Waals surface area (Å²) < 4.78 is 0. The zero-order valence-electron chi connectivity index (χ0n) is 11.7. The van der Waals surface area contributed by atoms with Crippen LogP contribution < -0.4 is 5.73 Å². The Balaban J connectivity index is 1.53. The minimum Gasteiger partial charge on any atom is -0.337 e. The third kappa shape index (κ3) is 2.08. The molecule has 3 heterocycles. The van der Waals surface area contributed by atoms with Gasteiger partial charge in [0.15, 0.2) is 0 Å². The van der Waals surface area contributed by atoms with Gasteiger partial charge in [-0.3, -0.25) is 9.78 Å². The maximum Gasteiger partial charge on any atom is 0.263 e. The number of pyridine rings is 1. The molecule has 1 aliphatic carbocycles. The first-order valence-electron chi connectivity index (χ1n) is 7.22. The molecule has 0 aromatic carbocycles. The topological polar surface area (TPSA) is 59.2 Å². The molecule has 0 bridgehead atoms. The number of piperidine rings is 1. The van der Waals surface area contributed by atoms with Crippen molar-refractivity contribution in [2.75, 3.05) is 19.6 Å². The van der Waals surface area contributed by atoms with E-state index >= 15 is 0 Å². The Kier molecular flexibility index (Phi) is 2.87. The van der Waals surface area contributed by atoms with Crippen LogP contribution in [-0.2, 0) is 0 Å². The van der Waals surface area contributed by atoms with Crippen LogP contribution in [0.3, 0.4) is 0 Å². The molecular formula is C16H17N3OS. The first-order valence-corrected chi connectivity index (χ1v) is 8.04. The summed E-state index contributed by atoms with van der Waals surface area (Å²) in [5.74, 6) is 0.767. The van der Waals surface area contributed by atoms with E-state index in [1.807, 2.05) is 35.2 Å². The molecule has 2 fully saturated rings. The van der Waals surface area contributed by atoms with E-state index in [-0.39, 0.29) is 11.3 Å². The molecule has 1 amide bonds. The Morgan fingerprint density at radius 1 is 1.43 bits per heavy atom. The lowest BCUT2D eigenvalue weighted by Crippen LogP contribution is -2.33. The molecule has 2 N–H and O–H groups in total. The van der Waals surface area contributed by atoms with Gasteiger partial charge in [0.25, 0.3) is 5.91 Å². The third-order valence-corrected chi connectivity index (χ3v) is 5.83. The number of nitrogens with two attached hydrogens (primary N) is 1. The van der Waals surface area contributed by atoms with Crippen LogP contribution in [-0.4, -0.2) is 35.4 Å². The van der Waals surface area contributed by atoms with E-state index in [0.29, 0.717) is 12.5 Å². The highest BCUT2D eigenvalue weighted by molar-refractivity contribution is 7.17. The van der Waals surface area contributed by atoms with E-state index in [9.17, 15) is 4.79 Å². The number of amides is 1. The minimum atomic E-state index is 0.141. The number of likely N-dealkylation sites (tertiary alicyclic amines) is 1. The molecule has 5 heteroatoms. The molecule has 4 nitrogen and oxygen atoms in total. The maximum atomic E-state index is 12.6. The molecule has 0 unspecified atom stereocenters. The number of hydrogen-bond acceptors (Lipinski definition) is 4. The second-order valence-corrected chi connectivity index (χ2v) is 7.12. The van der Waals surface area contributed by atoms with Crippen molar-refractivity contribution < 1.29 is 4.79 Å². The molecule has 1 saturated heterocycles. The molecule has 108 valence electrons. The van der Waals surface area contributed by atoms with E-state index in [0.717, 1.165) is 28.5 Å². The van der Waals surface area contributed by atoms with Gasteiger partial charge in [0, 0.05) is 24.7 Å². The third-order valence-electron chi connectivity index (χ3n) is 4.73. The molecule has 2 aromatic heterocycles. The van der Waals surface area contributed by atoms with Crippen LogP contribution in [0.25, 0.3) is 10.6 Å². The molecular weight excluding hydrogens is 282 g/mol. The predicted octanol–water partition coefficient (Wildman–Crippen LogP) is 2.23. The lowest BCUT2D eigenvalue weighted by molar-refractivity contribution is 0.0770. The highest BCUT2D eigenvalue weighted by Crippen LogP contribution is 2.57. The van der Waals surface area contributed by atoms with E-state index < -0.39 is 0 Å². The predicted molar refractivity (Wildman–Crippen MR) is 83.0 cm³/mol. The standard InChI is InChI=1S/C16H17N3OS/c17-9-16-7-11(16)8-19(10-16)15(20)14-5-4-13(21-14)12-3-1-2-6-18-12/h1-6,11H,7-10,17H2/t11-,16-/m1/s1. The fraction of sp³-hybridized carbons (Fsp3) is 0.375. The molecule has 1 aliphatic heterocycles. The summed E-state index contributed by atoms with van der Waals surface area (Å²) in [5, 5.41) is 0. The van der Waals surface area contributed by atoms with Gasteiger partial charge < -0.3 is 10.6 Å². The highest BCUT2D eigenvalue weighted by Gasteiger charge is 2.59. The summed E-state index contributed by atoms with van der Waals surface area (Å²) in [6, 6.07) is 9.72. The smallest absolute Gasteiger partial charge is 0.263 e. The Hall–Kier alpha value is -1.72. The number of thiophene rings is 1. The van der Waals surface area contributed by atoms with E-state index in [2.05, 4.69) is 4.98 Å². The first-order chi connectivity index (χ1) is 10.2. The van der Waals surface area contributed by atoms with Gasteiger partial charge in [0.1, 0.15) is 0 Å². The van der Waals surface area contributed by atoms with E-state index in [1.165, 1.54) is 17.8 Å². The zero-order chi connectivity index (χ0) is 14.4. The lowest BCUT2D eigenvalue weighted by atomic mass is 10.1. The number of fused-ring (bicyclic) bond motifs is 1. The van der Waals surface area contributed by atoms with Crippen molar-refractivity contribution in [3.05, 3.63) is 41.4 Å². The van der Waals surface area contributed by atoms with Crippen molar-refractivity contribution >= 4 is 17.2 Å². The van der Waals surface area contributed by atoms with Crippen molar-refractivity contribution in [3.8, 4) is 10.6 Å². The zero-order valence-corrected chi connectivity index (χ0v) is 12.5. The SMILES string of the molecule is NC[C@@]12C[C@@H]1CN(C(=O)c1ccc(-c3ccccn3)s1)C2. The summed E-state index contributed by atoms with van der Waals surface area (Å²) in [6.07, 6.45) is 2.96. The van der Waals surface area contributed by atoms with Crippen molar-refractivity contribution in [1.29, 1.82) is 0 Å². The Morgan fingerprint density at radius 3 is 3.05 bits per heavy atom. The minimum absolute atomic E-state index is 0.141. The molecule has 1 saturated carbocycles. The Labute approximate surface area is 127 Å². The van der Waals surface area contributed by atoms with E-state index in [4.69, 9.17) is 5.73 Å². The van der Waals surface area contributed by atoms with Gasteiger partial charge in [-0.15, -0.1) is 11.3 Å². The molecule has 2 atom stereocenters. The quantitative estimate of drug-likeness (QED) is 0.945. The van der Waals surface area contributed by atoms with Crippen LogP contribution in [0.2, 0.25) is 0 Å². The number of carbonyl (C=O) groups excluding carboxylic acids is 1. The number of hydrogen-bond donors (Lipinski definition) is 1. The van der Waals surface area contributed by atoms with Crippen LogP contribution in [0.15, 0.2) is 36.5 Å². The van der Waals surface area contributed by atoms with Crippen LogP contribution in [0, 0.1) is 11.3 Å². The monoisotopic (exact) mass is 299 g/mol. The van der Waals surface area contributed by atoms with Crippen molar-refractivity contribution in [2.24, 2.45) is 17.1 Å². The Morgan fingerprint density at radius 2 is 2.33 bits per heavy atom. The maximum absolute atomic E-state index is 12.6. The number of rotatable bonds is 3. The van der Waals surface area contributed by atoms with Gasteiger partial charge in [-0.2, -0.15) is 0 Å². The average molecular weight is 299 g/mol. The van der Waals surface area contributed by atoms with E-state index in [1.54, 1.807) is 6.20 Å². The van der Waals surface area contributed by atoms with Gasteiger partial charge in [0.05, 0.1) is 15.4 Å². The first kappa shape index (κ1) is 13.0. The highest BCUT2D eigenvalue weighted by atomic mass is 32.1. The van der Waals surface area contributed by atoms with Gasteiger partial charge in [-0.1, -0.05) is 6.07 Å². The second kappa shape index (κ2) is 4.64. The van der Waals surface area contributed by atoms with Crippen molar-refractivity contribution in [2.45, 2.75) is 6.42 Å². The number of aromatic nitrogens is 1. The van der Waals surface area contributed by atoms with Crippen LogP contribution >= 0.6 is 11.3 Å². The molecule has 2 aromatic rings. The number of nitrogens with zero attached hydrogens (tertiary/aromatic N) is 2. The fourth-order valence-corrected chi connectivity index (χ4v) is 4.27. The summed E-state index contributed by atoms with van der Waals surface area (Å²) in [6.45, 7) is 2.39. The van der Waals surface area contributed by atoms with Crippen LogP contribution in [0.4, 0.5) is 0 Å². The van der Waals surface area contributed by atoms with Crippen molar-refractivity contribution in [1.82, 2.24) is 9.88 Å². The van der Waals surface area contributed by atoms with Gasteiger partial charge in [-0.25, -0.2) is 0 Å². The summed E-state index contributed by atoms with van der Waals surface area (Å²) >= 11 is 1.52. The second-order valence-electron chi connectivity index (χ2n) is 6.03. The normalized spacial score (nSPS) is 26.7. The fourth-order valence-electron chi connectivity index (χ4n) is 3.32. The van der Waals surface area contributed by atoms with Gasteiger partial charge >= 0.3 is 0 Å². The van der Waals surface area contributed by atoms with Crippen molar-refractivity contribution in [3.63, 3.8) is 0 Å². The number of carbonyl (C=O) groups is 1. The Bertz CT molecular complexity index is 680. The van der Waals surface area contributed by atoms with Gasteiger partial charge in [-0.05, 0) is 43.1 Å². The summed E-state index contributed by atoms with van der Waals surface area (Å²) in [5.41, 5.74) is 7.00. The summed E-state index contributed by atoms with van der Waals surface area (Å²) in [7, 11) is 0. The lowest BCUT2D eigenvalue weighted by Gasteiger charge is -2.19. The average Bonchev–Trinajstić information content (AvgIpc) is 2.93. The van der Waals surface area contributed by atoms with Crippen LogP contribution in [0.5, 0.6) is 0 Å². The molecule has 4 rings (SSSR count). The molecule has 2 aliphatic rings. The van der Waals surface area contributed by atoms with Crippen LogP contribution in [0.1, 0.15) is 16.1 Å².